The maximum atomic E-state index is 12.6. The van der Waals surface area contributed by atoms with E-state index in [-0.39, 0.29) is 12.0 Å². The lowest BCUT2D eigenvalue weighted by Gasteiger charge is -2.35. The number of carbonyl (C=O) groups is 2. The zero-order valence-corrected chi connectivity index (χ0v) is 14.9. The maximum absolute atomic E-state index is 12.6. The fourth-order valence-electron chi connectivity index (χ4n) is 2.66. The number of rotatable bonds is 4. The van der Waals surface area contributed by atoms with Crippen molar-refractivity contribution in [3.05, 3.63) is 29.3 Å². The molecular formula is C18H26N2O4. The quantitative estimate of drug-likeness (QED) is 0.848. The van der Waals surface area contributed by atoms with Crippen LogP contribution in [0.25, 0.3) is 0 Å². The van der Waals surface area contributed by atoms with Gasteiger partial charge in [0.25, 0.3) is 5.91 Å². The first-order valence-corrected chi connectivity index (χ1v) is 8.36. The minimum Gasteiger partial charge on any atom is -0.481 e. The van der Waals surface area contributed by atoms with E-state index in [9.17, 15) is 9.59 Å². The van der Waals surface area contributed by atoms with Gasteiger partial charge in [-0.25, -0.2) is 4.79 Å². The largest absolute Gasteiger partial charge is 0.481 e. The van der Waals surface area contributed by atoms with E-state index in [2.05, 4.69) is 0 Å². The fraction of sp³-hybridized carbons (Fsp3) is 0.556. The van der Waals surface area contributed by atoms with E-state index in [1.807, 2.05) is 32.0 Å². The van der Waals surface area contributed by atoms with Crippen LogP contribution in [0.3, 0.4) is 0 Å². The Morgan fingerprint density at radius 1 is 1.12 bits per heavy atom. The van der Waals surface area contributed by atoms with Crippen LogP contribution < -0.4 is 4.74 Å². The van der Waals surface area contributed by atoms with Gasteiger partial charge in [0, 0.05) is 26.2 Å². The molecule has 1 atom stereocenters. The molecule has 0 aliphatic carbocycles. The van der Waals surface area contributed by atoms with Crippen molar-refractivity contribution in [1.29, 1.82) is 0 Å². The molecule has 1 fully saturated rings. The number of nitrogens with zero attached hydrogens (tertiary/aromatic N) is 2. The van der Waals surface area contributed by atoms with E-state index in [4.69, 9.17) is 9.47 Å². The van der Waals surface area contributed by atoms with Crippen molar-refractivity contribution in [2.45, 2.75) is 33.8 Å². The van der Waals surface area contributed by atoms with Gasteiger partial charge < -0.3 is 19.3 Å². The van der Waals surface area contributed by atoms with Crippen LogP contribution in [0.1, 0.15) is 25.0 Å². The predicted octanol–water partition coefficient (Wildman–Crippen LogP) is 2.37. The molecule has 24 heavy (non-hydrogen) atoms. The Kier molecular flexibility index (Phi) is 6.06. The smallest absolute Gasteiger partial charge is 0.409 e. The van der Waals surface area contributed by atoms with E-state index >= 15 is 0 Å². The minimum atomic E-state index is -0.556. The summed E-state index contributed by atoms with van der Waals surface area (Å²) < 4.78 is 10.8. The first-order chi connectivity index (χ1) is 11.4. The molecule has 0 bridgehead atoms. The van der Waals surface area contributed by atoms with Gasteiger partial charge in [-0.05, 0) is 44.9 Å². The Labute approximate surface area is 143 Å². The van der Waals surface area contributed by atoms with Gasteiger partial charge in [0.2, 0.25) is 0 Å². The molecule has 0 N–H and O–H groups in total. The molecule has 2 rings (SSSR count). The molecule has 1 unspecified atom stereocenters. The normalized spacial score (nSPS) is 15.8. The molecule has 2 amide bonds. The number of hydrogen-bond donors (Lipinski definition) is 0. The highest BCUT2D eigenvalue weighted by Gasteiger charge is 2.28. The monoisotopic (exact) mass is 334 g/mol. The van der Waals surface area contributed by atoms with Gasteiger partial charge >= 0.3 is 6.09 Å². The van der Waals surface area contributed by atoms with Crippen LogP contribution in [0.2, 0.25) is 0 Å². The number of amides is 2. The fourth-order valence-corrected chi connectivity index (χ4v) is 2.66. The summed E-state index contributed by atoms with van der Waals surface area (Å²) in [5.41, 5.74) is 2.10. The molecular weight excluding hydrogens is 308 g/mol. The zero-order chi connectivity index (χ0) is 17.7. The predicted molar refractivity (Wildman–Crippen MR) is 91.2 cm³/mol. The lowest BCUT2D eigenvalue weighted by molar-refractivity contribution is -0.139. The average molecular weight is 334 g/mol. The highest BCUT2D eigenvalue weighted by atomic mass is 16.6. The number of carbonyl (C=O) groups excluding carboxylic acids is 2. The van der Waals surface area contributed by atoms with Crippen molar-refractivity contribution < 1.29 is 19.1 Å². The molecule has 1 aromatic carbocycles. The molecule has 0 radical (unpaired) electrons. The summed E-state index contributed by atoms with van der Waals surface area (Å²) in [5.74, 6) is 0.681. The van der Waals surface area contributed by atoms with Crippen molar-refractivity contribution in [2.75, 3.05) is 32.8 Å². The van der Waals surface area contributed by atoms with E-state index in [0.29, 0.717) is 32.8 Å². The number of ether oxygens (including phenoxy) is 2. The second-order valence-corrected chi connectivity index (χ2v) is 6.04. The van der Waals surface area contributed by atoms with Crippen LogP contribution in [0, 0.1) is 13.8 Å². The van der Waals surface area contributed by atoms with E-state index < -0.39 is 6.10 Å². The molecule has 0 spiro atoms. The Balaban J connectivity index is 1.90. The van der Waals surface area contributed by atoms with E-state index in [1.54, 1.807) is 23.6 Å². The summed E-state index contributed by atoms with van der Waals surface area (Å²) in [7, 11) is 0. The second kappa shape index (κ2) is 8.04. The summed E-state index contributed by atoms with van der Waals surface area (Å²) in [4.78, 5) is 27.6. The highest BCUT2D eigenvalue weighted by molar-refractivity contribution is 5.81. The molecule has 6 heteroatoms. The van der Waals surface area contributed by atoms with Crippen LogP contribution in [0.4, 0.5) is 4.79 Å². The van der Waals surface area contributed by atoms with Gasteiger partial charge in [-0.3, -0.25) is 4.79 Å². The topological polar surface area (TPSA) is 59.1 Å². The third-order valence-electron chi connectivity index (χ3n) is 4.11. The minimum absolute atomic E-state index is 0.0561. The van der Waals surface area contributed by atoms with Crippen LogP contribution in [-0.2, 0) is 9.53 Å². The third kappa shape index (κ3) is 4.40. The van der Waals surface area contributed by atoms with Crippen LogP contribution >= 0.6 is 0 Å². The maximum Gasteiger partial charge on any atom is 0.409 e. The Hall–Kier alpha value is -2.24. The van der Waals surface area contributed by atoms with Crippen molar-refractivity contribution in [3.63, 3.8) is 0 Å². The molecule has 6 nitrogen and oxygen atoms in total. The van der Waals surface area contributed by atoms with Gasteiger partial charge in [0.05, 0.1) is 6.61 Å². The summed E-state index contributed by atoms with van der Waals surface area (Å²) in [6, 6.07) is 5.95. The average Bonchev–Trinajstić information content (AvgIpc) is 2.57. The third-order valence-corrected chi connectivity index (χ3v) is 4.11. The summed E-state index contributed by atoms with van der Waals surface area (Å²) in [5, 5.41) is 0. The standard InChI is InChI=1S/C18H26N2O4/c1-5-23-18(22)20-10-8-19(9-11-20)17(21)15(4)24-16-12-13(2)6-7-14(16)3/h6-7,12,15H,5,8-11H2,1-4H3. The van der Waals surface area contributed by atoms with Gasteiger partial charge in [-0.1, -0.05) is 12.1 Å². The van der Waals surface area contributed by atoms with E-state index in [1.165, 1.54) is 0 Å². The highest BCUT2D eigenvalue weighted by Crippen LogP contribution is 2.21. The van der Waals surface area contributed by atoms with Crippen molar-refractivity contribution in [2.24, 2.45) is 0 Å². The zero-order valence-electron chi connectivity index (χ0n) is 14.9. The van der Waals surface area contributed by atoms with E-state index in [0.717, 1.165) is 16.9 Å². The van der Waals surface area contributed by atoms with Gasteiger partial charge in [0.1, 0.15) is 5.75 Å². The van der Waals surface area contributed by atoms with Crippen molar-refractivity contribution in [1.82, 2.24) is 9.80 Å². The lowest BCUT2D eigenvalue weighted by atomic mass is 10.1. The Morgan fingerprint density at radius 2 is 1.75 bits per heavy atom. The van der Waals surface area contributed by atoms with Gasteiger partial charge in [-0.2, -0.15) is 0 Å². The number of piperazine rings is 1. The molecule has 1 aromatic rings. The number of aryl methyl sites for hydroxylation is 2. The molecule has 1 saturated heterocycles. The molecule has 1 aliphatic heterocycles. The van der Waals surface area contributed by atoms with Crippen molar-refractivity contribution >= 4 is 12.0 Å². The number of hydrogen-bond acceptors (Lipinski definition) is 4. The Morgan fingerprint density at radius 3 is 2.38 bits per heavy atom. The summed E-state index contributed by atoms with van der Waals surface area (Å²) in [6.07, 6.45) is -0.871. The van der Waals surface area contributed by atoms with Crippen molar-refractivity contribution in [3.8, 4) is 5.75 Å². The first-order valence-electron chi connectivity index (χ1n) is 8.36. The summed E-state index contributed by atoms with van der Waals surface area (Å²) >= 11 is 0. The Bertz CT molecular complexity index is 595. The van der Waals surface area contributed by atoms with Crippen LogP contribution in [0.5, 0.6) is 5.75 Å². The van der Waals surface area contributed by atoms with Crippen LogP contribution in [0.15, 0.2) is 18.2 Å². The molecule has 1 heterocycles. The SMILES string of the molecule is CCOC(=O)N1CCN(C(=O)C(C)Oc2cc(C)ccc2C)CC1. The molecule has 0 saturated carbocycles. The number of benzene rings is 1. The molecule has 0 aromatic heterocycles. The lowest BCUT2D eigenvalue weighted by Crippen LogP contribution is -2.53. The van der Waals surface area contributed by atoms with Gasteiger partial charge in [0.15, 0.2) is 6.10 Å². The molecule has 132 valence electrons. The first kappa shape index (κ1) is 18.1. The second-order valence-electron chi connectivity index (χ2n) is 6.04. The van der Waals surface area contributed by atoms with Gasteiger partial charge in [-0.15, -0.1) is 0 Å². The van der Waals surface area contributed by atoms with Crippen LogP contribution in [-0.4, -0.2) is 60.7 Å². The molecule has 1 aliphatic rings. The summed E-state index contributed by atoms with van der Waals surface area (Å²) in [6.45, 7) is 9.83.